The van der Waals surface area contributed by atoms with Crippen LogP contribution in [0.3, 0.4) is 0 Å². The van der Waals surface area contributed by atoms with Crippen molar-refractivity contribution in [1.82, 2.24) is 25.7 Å². The number of piperidine rings is 2. The molecule has 0 bridgehead atoms. The highest BCUT2D eigenvalue weighted by Gasteiger charge is 2.45. The van der Waals surface area contributed by atoms with E-state index in [1.54, 1.807) is 30.3 Å². The number of aromatic nitrogens is 2. The van der Waals surface area contributed by atoms with Gasteiger partial charge in [-0.2, -0.15) is 0 Å². The van der Waals surface area contributed by atoms with E-state index in [2.05, 4.69) is 26.1 Å². The van der Waals surface area contributed by atoms with Crippen LogP contribution in [0, 0.1) is 5.92 Å². The highest BCUT2D eigenvalue weighted by atomic mass is 16.5. The van der Waals surface area contributed by atoms with E-state index in [1.165, 1.54) is 18.2 Å². The van der Waals surface area contributed by atoms with Gasteiger partial charge in [-0.1, -0.05) is 18.2 Å². The Bertz CT molecular complexity index is 1840. The second-order valence-corrected chi connectivity index (χ2v) is 11.8. The predicted octanol–water partition coefficient (Wildman–Crippen LogP) is 0.821. The van der Waals surface area contributed by atoms with Crippen LogP contribution in [-0.2, 0) is 23.9 Å². The molecule has 49 heavy (non-hydrogen) atoms. The number of benzene rings is 2. The molecular formula is C33H34N8O8. The van der Waals surface area contributed by atoms with E-state index in [9.17, 15) is 33.9 Å². The van der Waals surface area contributed by atoms with Crippen molar-refractivity contribution >= 4 is 52.6 Å². The third-order valence-corrected chi connectivity index (χ3v) is 8.71. The van der Waals surface area contributed by atoms with Crippen LogP contribution in [0.2, 0.25) is 0 Å². The molecule has 6 rings (SSSR count). The van der Waals surface area contributed by atoms with Crippen molar-refractivity contribution < 1.29 is 38.6 Å². The quantitative estimate of drug-likeness (QED) is 0.149. The number of phenols is 1. The fourth-order valence-corrected chi connectivity index (χ4v) is 6.21. The standard InChI is InChI=1S/C33H34N8O8/c34-29-24(16-22(38-39-29)19-4-1-2-7-25(19)42)40-13-10-18(11-14-40)30(45)35-12-15-49-17-27(44)36-21-6-3-5-20-28(21)33(48)41(32(20)47)23-8-9-26(43)37-31(23)46/h1-7,16,18,23,42H,8-15,17H2,(H2,34,39)(H,35,45)(H,36,44)(H,37,43,46). The lowest BCUT2D eigenvalue weighted by Gasteiger charge is -2.33. The van der Waals surface area contributed by atoms with Crippen LogP contribution < -0.4 is 26.6 Å². The molecule has 1 aromatic heterocycles. The molecule has 0 saturated carbocycles. The maximum Gasteiger partial charge on any atom is 0.264 e. The van der Waals surface area contributed by atoms with Crippen LogP contribution in [0.25, 0.3) is 11.3 Å². The zero-order valence-corrected chi connectivity index (χ0v) is 26.3. The van der Waals surface area contributed by atoms with Gasteiger partial charge in [0.1, 0.15) is 18.4 Å². The number of aromatic hydroxyl groups is 1. The number of hydrogen-bond acceptors (Lipinski definition) is 12. The molecule has 254 valence electrons. The number of nitrogen functional groups attached to an aromatic ring is 1. The SMILES string of the molecule is Nc1nnc(-c2ccccc2O)cc1N1CCC(C(=O)NCCOCC(=O)Nc2cccc3c2C(=O)N(C2CCC(=O)NC2=O)C3=O)CC1. The molecule has 0 radical (unpaired) electrons. The van der Waals surface area contributed by atoms with Crippen molar-refractivity contribution in [1.29, 1.82) is 0 Å². The molecule has 6 N–H and O–H groups in total. The number of hydrogen-bond donors (Lipinski definition) is 5. The third kappa shape index (κ3) is 6.89. The van der Waals surface area contributed by atoms with Crippen LogP contribution in [0.4, 0.5) is 17.2 Å². The van der Waals surface area contributed by atoms with Gasteiger partial charge in [0.15, 0.2) is 5.82 Å². The van der Waals surface area contributed by atoms with Gasteiger partial charge in [-0.25, -0.2) is 0 Å². The zero-order valence-electron chi connectivity index (χ0n) is 26.3. The molecule has 2 saturated heterocycles. The summed E-state index contributed by atoms with van der Waals surface area (Å²) in [7, 11) is 0. The highest BCUT2D eigenvalue weighted by molar-refractivity contribution is 6.26. The molecule has 6 amide bonds. The maximum atomic E-state index is 13.2. The molecule has 2 aromatic carbocycles. The van der Waals surface area contributed by atoms with Gasteiger partial charge >= 0.3 is 0 Å². The number of imide groups is 2. The third-order valence-electron chi connectivity index (χ3n) is 8.71. The summed E-state index contributed by atoms with van der Waals surface area (Å²) in [6, 6.07) is 11.9. The number of carbonyl (C=O) groups excluding carboxylic acids is 6. The number of amides is 6. The summed E-state index contributed by atoms with van der Waals surface area (Å²) in [5.74, 6) is -3.22. The number of ether oxygens (including phenoxy) is 1. The zero-order chi connectivity index (χ0) is 34.7. The van der Waals surface area contributed by atoms with Crippen molar-refractivity contribution in [3.63, 3.8) is 0 Å². The molecule has 3 aromatic rings. The summed E-state index contributed by atoms with van der Waals surface area (Å²) in [6.45, 7) is 0.980. The molecule has 0 spiro atoms. The monoisotopic (exact) mass is 670 g/mol. The second kappa shape index (κ2) is 14.1. The molecule has 3 aliphatic rings. The van der Waals surface area contributed by atoms with E-state index < -0.39 is 35.6 Å². The average molecular weight is 671 g/mol. The average Bonchev–Trinajstić information content (AvgIpc) is 3.34. The lowest BCUT2D eigenvalue weighted by Crippen LogP contribution is -2.54. The Kier molecular flexibility index (Phi) is 9.48. The summed E-state index contributed by atoms with van der Waals surface area (Å²) in [5, 5.41) is 26.0. The minimum absolute atomic E-state index is 0.00607. The van der Waals surface area contributed by atoms with Gasteiger partial charge in [-0.05, 0) is 49.6 Å². The number of fused-ring (bicyclic) bond motifs is 1. The Hall–Kier alpha value is -5.90. The molecule has 3 aliphatic heterocycles. The number of nitrogens with two attached hydrogens (primary N) is 1. The summed E-state index contributed by atoms with van der Waals surface area (Å²) in [5.41, 5.74) is 7.92. The molecule has 0 aliphatic carbocycles. The number of nitrogens with one attached hydrogen (secondary N) is 3. The largest absolute Gasteiger partial charge is 0.507 e. The Balaban J connectivity index is 0.942. The topological polar surface area (TPSA) is 226 Å². The Morgan fingerprint density at radius 3 is 2.49 bits per heavy atom. The van der Waals surface area contributed by atoms with Crippen LogP contribution in [-0.4, -0.2) is 94.5 Å². The minimum atomic E-state index is -1.12. The lowest BCUT2D eigenvalue weighted by molar-refractivity contribution is -0.136. The molecule has 1 unspecified atom stereocenters. The first-order chi connectivity index (χ1) is 23.6. The van der Waals surface area contributed by atoms with Gasteiger partial charge in [0.25, 0.3) is 11.8 Å². The molecule has 16 heteroatoms. The first-order valence-electron chi connectivity index (χ1n) is 15.8. The molecule has 16 nitrogen and oxygen atoms in total. The van der Waals surface area contributed by atoms with E-state index in [0.29, 0.717) is 42.9 Å². The summed E-state index contributed by atoms with van der Waals surface area (Å²) < 4.78 is 5.43. The summed E-state index contributed by atoms with van der Waals surface area (Å²) in [6.07, 6.45) is 1.16. The van der Waals surface area contributed by atoms with Gasteiger partial charge in [-0.15, -0.1) is 10.2 Å². The van der Waals surface area contributed by atoms with E-state index in [-0.39, 0.29) is 72.8 Å². The van der Waals surface area contributed by atoms with Crippen LogP contribution in [0.1, 0.15) is 46.4 Å². The van der Waals surface area contributed by atoms with Gasteiger partial charge in [-0.3, -0.25) is 39.0 Å². The van der Waals surface area contributed by atoms with Gasteiger partial charge in [0, 0.05) is 37.5 Å². The summed E-state index contributed by atoms with van der Waals surface area (Å²) >= 11 is 0. The predicted molar refractivity (Wildman–Crippen MR) is 174 cm³/mol. The minimum Gasteiger partial charge on any atom is -0.507 e. The van der Waals surface area contributed by atoms with E-state index in [0.717, 1.165) is 4.90 Å². The summed E-state index contributed by atoms with van der Waals surface area (Å²) in [4.78, 5) is 78.4. The number of rotatable bonds is 10. The number of anilines is 3. The van der Waals surface area contributed by atoms with Crippen molar-refractivity contribution in [2.24, 2.45) is 5.92 Å². The number of carbonyl (C=O) groups is 6. The first kappa shape index (κ1) is 33.0. The number of nitrogens with zero attached hydrogens (tertiary/aromatic N) is 4. The maximum absolute atomic E-state index is 13.2. The van der Waals surface area contributed by atoms with Crippen LogP contribution in [0.5, 0.6) is 5.75 Å². The number of phenolic OH excluding ortho intramolecular Hbond substituents is 1. The Labute approximate surface area is 280 Å². The lowest BCUT2D eigenvalue weighted by atomic mass is 9.95. The first-order valence-corrected chi connectivity index (χ1v) is 15.8. The molecular weight excluding hydrogens is 636 g/mol. The van der Waals surface area contributed by atoms with Crippen molar-refractivity contribution in [3.8, 4) is 17.0 Å². The molecule has 4 heterocycles. The normalized spacial score (nSPS) is 17.9. The van der Waals surface area contributed by atoms with Crippen molar-refractivity contribution in [3.05, 3.63) is 59.7 Å². The van der Waals surface area contributed by atoms with E-state index >= 15 is 0 Å². The van der Waals surface area contributed by atoms with Crippen molar-refractivity contribution in [2.75, 3.05) is 48.8 Å². The smallest absolute Gasteiger partial charge is 0.264 e. The Morgan fingerprint density at radius 1 is 0.980 bits per heavy atom. The Morgan fingerprint density at radius 2 is 1.73 bits per heavy atom. The van der Waals surface area contributed by atoms with Crippen LogP contribution in [0.15, 0.2) is 48.5 Å². The second-order valence-electron chi connectivity index (χ2n) is 11.8. The van der Waals surface area contributed by atoms with Gasteiger partial charge in [0.2, 0.25) is 23.6 Å². The fraction of sp³-hybridized carbons (Fsp3) is 0.333. The van der Waals surface area contributed by atoms with E-state index in [4.69, 9.17) is 10.5 Å². The van der Waals surface area contributed by atoms with Gasteiger partial charge in [0.05, 0.1) is 34.8 Å². The highest BCUT2D eigenvalue weighted by Crippen LogP contribution is 2.34. The van der Waals surface area contributed by atoms with Crippen molar-refractivity contribution in [2.45, 2.75) is 31.7 Å². The van der Waals surface area contributed by atoms with Crippen LogP contribution >= 0.6 is 0 Å². The fourth-order valence-electron chi connectivity index (χ4n) is 6.21. The molecule has 1 atom stereocenters. The number of para-hydroxylation sites is 1. The molecule has 2 fully saturated rings. The van der Waals surface area contributed by atoms with E-state index in [1.807, 2.05) is 4.90 Å². The van der Waals surface area contributed by atoms with Gasteiger partial charge < -0.3 is 31.1 Å².